The number of nitrogens with zero attached hydrogens (tertiary/aromatic N) is 1. The molecule has 0 unspecified atom stereocenters. The Labute approximate surface area is 95.3 Å². The summed E-state index contributed by atoms with van der Waals surface area (Å²) < 4.78 is 2.52. The van der Waals surface area contributed by atoms with Crippen LogP contribution < -0.4 is 24.0 Å². The Morgan fingerprint density at radius 1 is 1.00 bits per heavy atom. The summed E-state index contributed by atoms with van der Waals surface area (Å²) >= 11 is 2.47. The molecule has 0 N–H and O–H groups in total. The summed E-state index contributed by atoms with van der Waals surface area (Å²) in [4.78, 5) is 0. The van der Waals surface area contributed by atoms with Gasteiger partial charge in [-0.25, -0.2) is 0 Å². The molecule has 0 aliphatic rings. The van der Waals surface area contributed by atoms with Crippen LogP contribution >= 0.6 is 22.6 Å². The van der Waals surface area contributed by atoms with Crippen LogP contribution in [0.5, 0.6) is 0 Å². The van der Waals surface area contributed by atoms with Gasteiger partial charge >= 0.3 is 0 Å². The van der Waals surface area contributed by atoms with Crippen LogP contribution in [0.1, 0.15) is 20.8 Å². The van der Waals surface area contributed by atoms with E-state index in [1.807, 2.05) is 0 Å². The van der Waals surface area contributed by atoms with Gasteiger partial charge in [0.15, 0.2) is 0 Å². The molecule has 0 aromatic carbocycles. The molecule has 0 atom stereocenters. The van der Waals surface area contributed by atoms with Crippen molar-refractivity contribution in [2.45, 2.75) is 20.8 Å². The first-order valence-electron chi connectivity index (χ1n) is 3.65. The van der Waals surface area contributed by atoms with Crippen LogP contribution in [0.15, 0.2) is 0 Å². The molecule has 0 aromatic heterocycles. The van der Waals surface area contributed by atoms with E-state index in [-0.39, 0.29) is 24.0 Å². The van der Waals surface area contributed by atoms with Crippen LogP contribution in [0.3, 0.4) is 0 Å². The van der Waals surface area contributed by atoms with Gasteiger partial charge in [0, 0.05) is 0 Å². The van der Waals surface area contributed by atoms with Crippen molar-refractivity contribution in [1.82, 2.24) is 0 Å². The van der Waals surface area contributed by atoms with Gasteiger partial charge in [0.2, 0.25) is 0 Å². The van der Waals surface area contributed by atoms with Gasteiger partial charge in [-0.15, -0.1) is 0 Å². The highest BCUT2D eigenvalue weighted by Gasteiger charge is 2.17. The lowest BCUT2D eigenvalue weighted by atomic mass is 10.4. The molecule has 0 amide bonds. The average molecular weight is 369 g/mol. The number of hydrogen-bond donors (Lipinski definition) is 0. The maximum atomic E-state index is 2.47. The molecule has 0 aliphatic heterocycles. The van der Waals surface area contributed by atoms with Gasteiger partial charge in [-0.3, -0.25) is 0 Å². The lowest BCUT2D eigenvalue weighted by Crippen LogP contribution is -3.00. The van der Waals surface area contributed by atoms with Crippen LogP contribution in [0.25, 0.3) is 0 Å². The minimum Gasteiger partial charge on any atom is -1.00 e. The quantitative estimate of drug-likeness (QED) is 0.265. The predicted molar refractivity (Wildman–Crippen MR) is 50.8 cm³/mol. The highest BCUT2D eigenvalue weighted by atomic mass is 127. The summed E-state index contributed by atoms with van der Waals surface area (Å²) in [5, 5.41) is 0. The summed E-state index contributed by atoms with van der Waals surface area (Å²) in [6.07, 6.45) is 0. The Hall–Kier alpha value is 1.42. The number of alkyl halides is 1. The van der Waals surface area contributed by atoms with E-state index in [0.717, 1.165) is 0 Å². The van der Waals surface area contributed by atoms with Gasteiger partial charge in [0.05, 0.1) is 19.6 Å². The van der Waals surface area contributed by atoms with E-state index in [1.54, 1.807) is 0 Å². The normalized spacial score (nSPS) is 10.8. The molecule has 0 spiro atoms. The van der Waals surface area contributed by atoms with E-state index < -0.39 is 0 Å². The Balaban J connectivity index is 0. The van der Waals surface area contributed by atoms with Crippen LogP contribution in [-0.4, -0.2) is 28.7 Å². The third-order valence-electron chi connectivity index (χ3n) is 2.27. The molecule has 64 valence electrons. The number of quaternary nitrogens is 1. The van der Waals surface area contributed by atoms with Crippen molar-refractivity contribution in [2.24, 2.45) is 0 Å². The molecule has 3 heteroatoms. The molecule has 0 bridgehead atoms. The average Bonchev–Trinajstić information content (AvgIpc) is 1.95. The Kier molecular flexibility index (Phi) is 9.91. The van der Waals surface area contributed by atoms with Gasteiger partial charge in [0.25, 0.3) is 0 Å². The van der Waals surface area contributed by atoms with Gasteiger partial charge in [-0.05, 0) is 43.4 Å². The van der Waals surface area contributed by atoms with E-state index >= 15 is 0 Å². The summed E-state index contributed by atoms with van der Waals surface area (Å²) in [5.41, 5.74) is 0. The van der Waals surface area contributed by atoms with Crippen molar-refractivity contribution in [1.29, 1.82) is 0 Å². The SMILES string of the molecule is CC[N+](CC)(CC)CI.[I-]. The highest BCUT2D eigenvalue weighted by molar-refractivity contribution is 14.1. The fourth-order valence-electron chi connectivity index (χ4n) is 0.924. The fourth-order valence-corrected chi connectivity index (χ4v) is 2.37. The fraction of sp³-hybridized carbons (Fsp3) is 1.00. The van der Waals surface area contributed by atoms with E-state index in [9.17, 15) is 0 Å². The third kappa shape index (κ3) is 3.71. The maximum Gasteiger partial charge on any atom is 0.129 e. The predicted octanol–water partition coefficient (Wildman–Crippen LogP) is -0.741. The topological polar surface area (TPSA) is 0 Å². The van der Waals surface area contributed by atoms with Crippen molar-refractivity contribution in [3.8, 4) is 0 Å². The molecule has 0 heterocycles. The second-order valence-electron chi connectivity index (χ2n) is 2.41. The molecule has 0 saturated carbocycles. The summed E-state index contributed by atoms with van der Waals surface area (Å²) in [7, 11) is 0. The largest absolute Gasteiger partial charge is 1.00 e. The minimum atomic E-state index is 0. The van der Waals surface area contributed by atoms with E-state index in [0.29, 0.717) is 0 Å². The highest BCUT2D eigenvalue weighted by Crippen LogP contribution is 2.07. The molecule has 10 heavy (non-hydrogen) atoms. The maximum absolute atomic E-state index is 2.47. The number of hydrogen-bond acceptors (Lipinski definition) is 0. The van der Waals surface area contributed by atoms with Crippen LogP contribution in [-0.2, 0) is 0 Å². The molecule has 0 radical (unpaired) electrons. The monoisotopic (exact) mass is 369 g/mol. The molecular formula is C7H17I2N. The molecule has 0 rings (SSSR count). The molecule has 0 fully saturated rings. The second-order valence-corrected chi connectivity index (χ2v) is 3.09. The van der Waals surface area contributed by atoms with E-state index in [1.165, 1.54) is 28.7 Å². The Morgan fingerprint density at radius 2 is 1.30 bits per heavy atom. The van der Waals surface area contributed by atoms with Gasteiger partial charge < -0.3 is 28.5 Å². The van der Waals surface area contributed by atoms with Gasteiger partial charge in [-0.1, -0.05) is 0 Å². The van der Waals surface area contributed by atoms with Gasteiger partial charge in [0.1, 0.15) is 4.55 Å². The molecule has 0 aliphatic carbocycles. The van der Waals surface area contributed by atoms with E-state index in [2.05, 4.69) is 43.4 Å². The molecule has 0 saturated heterocycles. The summed E-state index contributed by atoms with van der Waals surface area (Å²) in [6.45, 7) is 10.6. The third-order valence-corrected chi connectivity index (χ3v) is 3.71. The molecular weight excluding hydrogens is 352 g/mol. The zero-order valence-corrected chi connectivity index (χ0v) is 11.3. The number of rotatable bonds is 4. The first kappa shape index (κ1) is 14.0. The summed E-state index contributed by atoms with van der Waals surface area (Å²) in [5.74, 6) is 0. The molecule has 1 nitrogen and oxygen atoms in total. The first-order valence-corrected chi connectivity index (χ1v) is 5.18. The smallest absolute Gasteiger partial charge is 0.129 e. The standard InChI is InChI=1S/C7H17IN.HI/c1-4-9(5-2,6-3)7-8;/h4-7H2,1-3H3;1H/q+1;/p-1. The van der Waals surface area contributed by atoms with Crippen LogP contribution in [0.2, 0.25) is 0 Å². The second kappa shape index (κ2) is 7.09. The van der Waals surface area contributed by atoms with Crippen molar-refractivity contribution in [3.05, 3.63) is 0 Å². The van der Waals surface area contributed by atoms with Crippen molar-refractivity contribution < 1.29 is 28.5 Å². The van der Waals surface area contributed by atoms with Crippen LogP contribution in [0, 0.1) is 0 Å². The van der Waals surface area contributed by atoms with Crippen LogP contribution in [0.4, 0.5) is 0 Å². The van der Waals surface area contributed by atoms with Gasteiger partial charge in [-0.2, -0.15) is 0 Å². The van der Waals surface area contributed by atoms with Crippen molar-refractivity contribution >= 4 is 22.6 Å². The lowest BCUT2D eigenvalue weighted by molar-refractivity contribution is -0.908. The van der Waals surface area contributed by atoms with Crippen molar-refractivity contribution in [3.63, 3.8) is 0 Å². The zero-order chi connectivity index (χ0) is 7.33. The summed E-state index contributed by atoms with van der Waals surface area (Å²) in [6, 6.07) is 0. The zero-order valence-electron chi connectivity index (χ0n) is 7.03. The molecule has 0 aromatic rings. The van der Waals surface area contributed by atoms with Crippen molar-refractivity contribution in [2.75, 3.05) is 24.2 Å². The van der Waals surface area contributed by atoms with E-state index in [4.69, 9.17) is 0 Å². The first-order chi connectivity index (χ1) is 4.24. The lowest BCUT2D eigenvalue weighted by Gasteiger charge is -2.33. The Bertz CT molecular complexity index is 54.5. The Morgan fingerprint density at radius 3 is 1.30 bits per heavy atom. The number of halogens is 2. The minimum absolute atomic E-state index is 0.